The highest BCUT2D eigenvalue weighted by atomic mass is 32.2. The average Bonchev–Trinajstić information content (AvgIpc) is 2.65. The molecule has 0 N–H and O–H groups in total. The monoisotopic (exact) mass is 355 g/mol. The quantitative estimate of drug-likeness (QED) is 0.428. The van der Waals surface area contributed by atoms with Crippen LogP contribution in [0, 0.1) is 0 Å². The van der Waals surface area contributed by atoms with Gasteiger partial charge in [-0.25, -0.2) is 0 Å². The number of methoxy groups -OCH3 is 1. The topological polar surface area (TPSA) is 46.6 Å². The van der Waals surface area contributed by atoms with Gasteiger partial charge in [0.2, 0.25) is 0 Å². The number of carbonyl (C=O) groups excluding carboxylic acids is 2. The Morgan fingerprint density at radius 3 is 2.24 bits per heavy atom. The van der Waals surface area contributed by atoms with Crippen molar-refractivity contribution in [3.05, 3.63) is 71.8 Å². The largest absolute Gasteiger partial charge is 0.468 e. The van der Waals surface area contributed by atoms with E-state index in [1.165, 1.54) is 24.9 Å². The van der Waals surface area contributed by atoms with Crippen molar-refractivity contribution >= 4 is 34.6 Å². The van der Waals surface area contributed by atoms with Gasteiger partial charge >= 0.3 is 5.97 Å². The molecule has 0 saturated heterocycles. The van der Waals surface area contributed by atoms with E-state index in [1.54, 1.807) is 0 Å². The number of allylic oxidation sites excluding steroid dienone is 1. The fourth-order valence-corrected chi connectivity index (χ4v) is 3.45. The zero-order valence-electron chi connectivity index (χ0n) is 14.5. The zero-order valence-corrected chi connectivity index (χ0v) is 15.3. The van der Waals surface area contributed by atoms with Gasteiger partial charge in [0, 0.05) is 24.7 Å². The van der Waals surface area contributed by atoms with Crippen molar-refractivity contribution in [2.45, 2.75) is 5.25 Å². The minimum atomic E-state index is -0.536. The fraction of sp³-hybridized carbons (Fsp3) is 0.200. The van der Waals surface area contributed by atoms with Gasteiger partial charge in [-0.05, 0) is 29.3 Å². The predicted molar refractivity (Wildman–Crippen MR) is 104 cm³/mol. The predicted octanol–water partition coefficient (Wildman–Crippen LogP) is 3.94. The lowest BCUT2D eigenvalue weighted by Crippen LogP contribution is -2.11. The summed E-state index contributed by atoms with van der Waals surface area (Å²) in [6.07, 6.45) is 2.22. The summed E-state index contributed by atoms with van der Waals surface area (Å²) in [6.45, 7) is 0. The van der Waals surface area contributed by atoms with E-state index in [1.807, 2.05) is 73.6 Å². The van der Waals surface area contributed by atoms with Crippen LogP contribution in [0.15, 0.2) is 60.7 Å². The lowest BCUT2D eigenvalue weighted by atomic mass is 10.1. The third kappa shape index (κ3) is 4.97. The van der Waals surface area contributed by atoms with Gasteiger partial charge in [0.05, 0.1) is 7.11 Å². The SMILES string of the molecule is COC(=O)C(S/C(=C\C=O)c1ccc(N(C)C)cc1)c1ccccc1. The van der Waals surface area contributed by atoms with Crippen molar-refractivity contribution < 1.29 is 14.3 Å². The van der Waals surface area contributed by atoms with Crippen LogP contribution >= 0.6 is 11.8 Å². The summed E-state index contributed by atoms with van der Waals surface area (Å²) < 4.78 is 4.95. The second kappa shape index (κ2) is 9.08. The number of benzene rings is 2. The maximum absolute atomic E-state index is 12.3. The molecule has 2 aromatic rings. The zero-order chi connectivity index (χ0) is 18.2. The Morgan fingerprint density at radius 2 is 1.72 bits per heavy atom. The van der Waals surface area contributed by atoms with Crippen molar-refractivity contribution in [3.8, 4) is 0 Å². The maximum Gasteiger partial charge on any atom is 0.323 e. The highest BCUT2D eigenvalue weighted by Crippen LogP contribution is 2.40. The van der Waals surface area contributed by atoms with Crippen LogP contribution in [0.1, 0.15) is 16.4 Å². The van der Waals surface area contributed by atoms with E-state index < -0.39 is 5.25 Å². The average molecular weight is 355 g/mol. The molecule has 0 bridgehead atoms. The second-order valence-corrected chi connectivity index (χ2v) is 6.69. The van der Waals surface area contributed by atoms with Gasteiger partial charge in [0.15, 0.2) is 0 Å². The molecule has 1 unspecified atom stereocenters. The van der Waals surface area contributed by atoms with E-state index in [0.717, 1.165) is 28.0 Å². The van der Waals surface area contributed by atoms with Gasteiger partial charge in [-0.3, -0.25) is 9.59 Å². The number of nitrogens with zero attached hydrogens (tertiary/aromatic N) is 1. The van der Waals surface area contributed by atoms with Crippen LogP contribution < -0.4 is 4.90 Å². The standard InChI is InChI=1S/C20H21NO3S/c1-21(2)17-11-9-15(10-12-17)18(13-14-22)25-19(20(23)24-3)16-7-5-4-6-8-16/h4-14,19H,1-3H3/b18-13-. The number of anilines is 1. The van der Waals surface area contributed by atoms with Crippen LogP contribution in [-0.2, 0) is 14.3 Å². The Bertz CT molecular complexity index is 739. The minimum absolute atomic E-state index is 0.349. The summed E-state index contributed by atoms with van der Waals surface area (Å²) in [7, 11) is 5.30. The van der Waals surface area contributed by atoms with Crippen molar-refractivity contribution in [1.29, 1.82) is 0 Å². The molecular weight excluding hydrogens is 334 g/mol. The van der Waals surface area contributed by atoms with Crippen LogP contribution in [0.4, 0.5) is 5.69 Å². The Kier molecular flexibility index (Phi) is 6.83. The molecule has 5 heteroatoms. The first-order chi connectivity index (χ1) is 12.1. The Morgan fingerprint density at radius 1 is 1.08 bits per heavy atom. The van der Waals surface area contributed by atoms with Crippen LogP contribution in [0.25, 0.3) is 4.91 Å². The van der Waals surface area contributed by atoms with E-state index in [4.69, 9.17) is 4.74 Å². The molecule has 0 heterocycles. The number of carbonyl (C=O) groups is 2. The van der Waals surface area contributed by atoms with Gasteiger partial charge in [-0.15, -0.1) is 11.8 Å². The van der Waals surface area contributed by atoms with Gasteiger partial charge in [-0.1, -0.05) is 42.5 Å². The van der Waals surface area contributed by atoms with Gasteiger partial charge in [0.1, 0.15) is 11.5 Å². The number of esters is 1. The molecule has 0 aliphatic heterocycles. The molecule has 0 aromatic heterocycles. The molecule has 0 spiro atoms. The molecule has 25 heavy (non-hydrogen) atoms. The summed E-state index contributed by atoms with van der Waals surface area (Å²) in [5, 5.41) is -0.536. The molecular formula is C20H21NO3S. The number of hydrogen-bond acceptors (Lipinski definition) is 5. The smallest absolute Gasteiger partial charge is 0.323 e. The third-order valence-corrected chi connectivity index (χ3v) is 4.98. The lowest BCUT2D eigenvalue weighted by Gasteiger charge is -2.18. The molecule has 2 aromatic carbocycles. The minimum Gasteiger partial charge on any atom is -0.468 e. The van der Waals surface area contributed by atoms with Crippen molar-refractivity contribution in [3.63, 3.8) is 0 Å². The first kappa shape index (κ1) is 18.8. The molecule has 1 atom stereocenters. The summed E-state index contributed by atoms with van der Waals surface area (Å²) in [5.41, 5.74) is 2.78. The Balaban J connectivity index is 2.34. The maximum atomic E-state index is 12.3. The molecule has 130 valence electrons. The number of hydrogen-bond donors (Lipinski definition) is 0. The summed E-state index contributed by atoms with van der Waals surface area (Å²) in [5.74, 6) is -0.349. The second-order valence-electron chi connectivity index (χ2n) is 5.54. The number of rotatable bonds is 7. The van der Waals surface area contributed by atoms with Gasteiger partial charge < -0.3 is 9.64 Å². The normalized spacial score (nSPS) is 12.4. The van der Waals surface area contributed by atoms with Crippen molar-refractivity contribution in [2.75, 3.05) is 26.1 Å². The van der Waals surface area contributed by atoms with E-state index in [-0.39, 0.29) is 5.97 Å². The highest BCUT2D eigenvalue weighted by Gasteiger charge is 2.24. The number of ether oxygens (including phenoxy) is 1. The Hall–Kier alpha value is -2.53. The molecule has 0 amide bonds. The molecule has 0 aliphatic carbocycles. The van der Waals surface area contributed by atoms with Crippen LogP contribution in [0.5, 0.6) is 0 Å². The van der Waals surface area contributed by atoms with Crippen molar-refractivity contribution in [1.82, 2.24) is 0 Å². The third-order valence-electron chi connectivity index (χ3n) is 3.65. The number of thioether (sulfide) groups is 1. The molecule has 0 fully saturated rings. The fourth-order valence-electron chi connectivity index (χ4n) is 2.30. The van der Waals surface area contributed by atoms with E-state index >= 15 is 0 Å². The van der Waals surface area contributed by atoms with Crippen LogP contribution in [-0.4, -0.2) is 33.5 Å². The molecule has 2 rings (SSSR count). The molecule has 0 radical (unpaired) electrons. The van der Waals surface area contributed by atoms with E-state index in [0.29, 0.717) is 0 Å². The van der Waals surface area contributed by atoms with Gasteiger partial charge in [-0.2, -0.15) is 0 Å². The lowest BCUT2D eigenvalue weighted by molar-refractivity contribution is -0.140. The first-order valence-electron chi connectivity index (χ1n) is 7.79. The number of aldehydes is 1. The first-order valence-corrected chi connectivity index (χ1v) is 8.67. The van der Waals surface area contributed by atoms with Gasteiger partial charge in [0.25, 0.3) is 0 Å². The van der Waals surface area contributed by atoms with E-state index in [9.17, 15) is 9.59 Å². The summed E-state index contributed by atoms with van der Waals surface area (Å²) in [6, 6.07) is 17.2. The van der Waals surface area contributed by atoms with Crippen molar-refractivity contribution in [2.24, 2.45) is 0 Å². The summed E-state index contributed by atoms with van der Waals surface area (Å²) in [4.78, 5) is 26.1. The van der Waals surface area contributed by atoms with Crippen LogP contribution in [0.3, 0.4) is 0 Å². The molecule has 0 aliphatic rings. The van der Waals surface area contributed by atoms with Crippen LogP contribution in [0.2, 0.25) is 0 Å². The Labute approximate surface area is 152 Å². The summed E-state index contributed by atoms with van der Waals surface area (Å²) >= 11 is 1.31. The molecule has 0 saturated carbocycles. The molecule has 4 nitrogen and oxygen atoms in total. The highest BCUT2D eigenvalue weighted by molar-refractivity contribution is 8.09. The van der Waals surface area contributed by atoms with E-state index in [2.05, 4.69) is 0 Å².